The summed E-state index contributed by atoms with van der Waals surface area (Å²) in [4.78, 5) is 6.94. The molecule has 0 amide bonds. The summed E-state index contributed by atoms with van der Waals surface area (Å²) in [5, 5.41) is 0.348. The maximum Gasteiger partial charge on any atom is 0.227 e. The molecule has 0 aromatic carbocycles. The molecule has 1 aliphatic heterocycles. The predicted octanol–water partition coefficient (Wildman–Crippen LogP) is 3.88. The molecule has 27 heavy (non-hydrogen) atoms. The average Bonchev–Trinajstić information content (AvgIpc) is 3.36. The monoisotopic (exact) mass is 393 g/mol. The number of rotatable bonds is 7. The first-order chi connectivity index (χ1) is 13.0. The van der Waals surface area contributed by atoms with Crippen LogP contribution in [0.2, 0.25) is 0 Å². The van der Waals surface area contributed by atoms with E-state index in [4.69, 9.17) is 0 Å². The maximum atomic E-state index is 13.0. The van der Waals surface area contributed by atoms with Crippen molar-refractivity contribution in [1.29, 1.82) is 0 Å². The predicted molar refractivity (Wildman–Crippen MR) is 107 cm³/mol. The van der Waals surface area contributed by atoms with Crippen LogP contribution in [-0.2, 0) is 22.9 Å². The molecule has 3 aliphatic rings. The van der Waals surface area contributed by atoms with E-state index in [1.165, 1.54) is 44.9 Å². The fraction of sp³-hybridized carbons (Fsp3) is 0.857. The Hall–Kier alpha value is -0.880. The Kier molecular flexibility index (Phi) is 5.93. The number of imidazole rings is 1. The van der Waals surface area contributed by atoms with Gasteiger partial charge in [0.15, 0.2) is 0 Å². The van der Waals surface area contributed by atoms with E-state index in [0.29, 0.717) is 17.0 Å². The quantitative estimate of drug-likeness (QED) is 0.705. The third kappa shape index (κ3) is 4.94. The Morgan fingerprint density at radius 1 is 1.00 bits per heavy atom. The van der Waals surface area contributed by atoms with Crippen LogP contribution in [0.15, 0.2) is 11.4 Å². The highest BCUT2D eigenvalue weighted by Crippen LogP contribution is 2.33. The van der Waals surface area contributed by atoms with Gasteiger partial charge in [-0.05, 0) is 69.4 Å². The van der Waals surface area contributed by atoms with Crippen molar-refractivity contribution in [2.45, 2.75) is 83.0 Å². The Bertz CT molecular complexity index is 725. The first-order valence-corrected chi connectivity index (χ1v) is 12.7. The van der Waals surface area contributed by atoms with Crippen LogP contribution in [0.5, 0.6) is 0 Å². The molecule has 2 heterocycles. The van der Waals surface area contributed by atoms with Gasteiger partial charge in [0.2, 0.25) is 15.0 Å². The second-order valence-corrected chi connectivity index (χ2v) is 11.3. The maximum absolute atomic E-state index is 13.0. The smallest absolute Gasteiger partial charge is 0.227 e. The molecule has 4 rings (SSSR count). The van der Waals surface area contributed by atoms with E-state index in [9.17, 15) is 8.42 Å². The molecular formula is C21H35N3O2S. The molecular weight excluding hydrogens is 358 g/mol. The van der Waals surface area contributed by atoms with Crippen LogP contribution < -0.4 is 0 Å². The van der Waals surface area contributed by atoms with Crippen LogP contribution in [0.3, 0.4) is 0 Å². The van der Waals surface area contributed by atoms with E-state index >= 15 is 0 Å². The van der Waals surface area contributed by atoms with Gasteiger partial charge in [0.05, 0.1) is 17.6 Å². The Balaban J connectivity index is 1.55. The van der Waals surface area contributed by atoms with Crippen LogP contribution >= 0.6 is 0 Å². The Morgan fingerprint density at radius 2 is 1.70 bits per heavy atom. The summed E-state index contributed by atoms with van der Waals surface area (Å²) in [5.41, 5.74) is 1.10. The van der Waals surface area contributed by atoms with Gasteiger partial charge < -0.3 is 4.57 Å². The zero-order valence-electron chi connectivity index (χ0n) is 16.8. The zero-order valence-corrected chi connectivity index (χ0v) is 17.6. The number of likely N-dealkylation sites (tertiary alicyclic amines) is 1. The average molecular weight is 394 g/mol. The highest BCUT2D eigenvalue weighted by atomic mass is 32.2. The van der Waals surface area contributed by atoms with Crippen molar-refractivity contribution in [3.05, 3.63) is 11.9 Å². The Morgan fingerprint density at radius 3 is 2.37 bits per heavy atom. The minimum absolute atomic E-state index is 0.287. The lowest BCUT2D eigenvalue weighted by Gasteiger charge is -2.31. The molecule has 152 valence electrons. The standard InChI is InChI=1S/C21H35N3O2S/c1-17-9-11-23(12-10-17)15-20-13-22-21(27(25,26)16-19-7-8-19)24(20)14-18-5-3-2-4-6-18/h13,17-19H,2-12,14-16H2,1H3. The summed E-state index contributed by atoms with van der Waals surface area (Å²) in [5.74, 6) is 2.06. The van der Waals surface area contributed by atoms with Gasteiger partial charge in [-0.25, -0.2) is 13.4 Å². The summed E-state index contributed by atoms with van der Waals surface area (Å²) in [6.07, 6.45) is 12.8. The molecule has 1 aromatic heterocycles. The molecule has 0 unspecified atom stereocenters. The minimum atomic E-state index is -3.27. The molecule has 1 saturated heterocycles. The number of piperidine rings is 1. The molecule has 3 fully saturated rings. The highest BCUT2D eigenvalue weighted by Gasteiger charge is 2.33. The number of aromatic nitrogens is 2. The molecule has 0 spiro atoms. The Labute approximate surface area is 164 Å². The van der Waals surface area contributed by atoms with Crippen LogP contribution in [0.4, 0.5) is 0 Å². The van der Waals surface area contributed by atoms with Gasteiger partial charge in [0.1, 0.15) is 0 Å². The van der Waals surface area contributed by atoms with Crippen LogP contribution in [0.1, 0.15) is 70.4 Å². The van der Waals surface area contributed by atoms with Gasteiger partial charge in [-0.1, -0.05) is 26.2 Å². The van der Waals surface area contributed by atoms with E-state index in [1.54, 1.807) is 0 Å². The second-order valence-electron chi connectivity index (χ2n) is 9.33. The fourth-order valence-electron chi connectivity index (χ4n) is 4.71. The number of hydrogen-bond donors (Lipinski definition) is 0. The normalized spacial score (nSPS) is 23.7. The van der Waals surface area contributed by atoms with Crippen LogP contribution in [0.25, 0.3) is 0 Å². The lowest BCUT2D eigenvalue weighted by molar-refractivity contribution is 0.179. The molecule has 0 bridgehead atoms. The summed E-state index contributed by atoms with van der Waals surface area (Å²) in [6, 6.07) is 0. The SMILES string of the molecule is CC1CCN(Cc2cnc(S(=O)(=O)CC3CC3)n2CC2CCCCC2)CC1. The van der Waals surface area contributed by atoms with Crippen molar-refractivity contribution in [3.8, 4) is 0 Å². The highest BCUT2D eigenvalue weighted by molar-refractivity contribution is 7.91. The van der Waals surface area contributed by atoms with Crippen molar-refractivity contribution in [2.24, 2.45) is 17.8 Å². The second kappa shape index (κ2) is 8.24. The van der Waals surface area contributed by atoms with Gasteiger partial charge in [-0.2, -0.15) is 0 Å². The van der Waals surface area contributed by atoms with Crippen LogP contribution in [-0.4, -0.2) is 41.7 Å². The van der Waals surface area contributed by atoms with E-state index in [1.807, 2.05) is 6.20 Å². The van der Waals surface area contributed by atoms with Crippen molar-refractivity contribution < 1.29 is 8.42 Å². The lowest BCUT2D eigenvalue weighted by atomic mass is 9.89. The minimum Gasteiger partial charge on any atom is -0.317 e. The van der Waals surface area contributed by atoms with Crippen molar-refractivity contribution in [1.82, 2.24) is 14.5 Å². The van der Waals surface area contributed by atoms with Crippen molar-refractivity contribution >= 4 is 9.84 Å². The van der Waals surface area contributed by atoms with E-state index < -0.39 is 9.84 Å². The first kappa shape index (κ1) is 19.4. The molecule has 6 heteroatoms. The van der Waals surface area contributed by atoms with Gasteiger partial charge in [0, 0.05) is 13.1 Å². The summed E-state index contributed by atoms with van der Waals surface area (Å²) >= 11 is 0. The summed E-state index contributed by atoms with van der Waals surface area (Å²) in [6.45, 7) is 6.22. The van der Waals surface area contributed by atoms with Crippen molar-refractivity contribution in [2.75, 3.05) is 18.8 Å². The molecule has 0 N–H and O–H groups in total. The number of hydrogen-bond acceptors (Lipinski definition) is 4. The fourth-order valence-corrected chi connectivity index (χ4v) is 6.55. The van der Waals surface area contributed by atoms with Gasteiger partial charge in [0.25, 0.3) is 0 Å². The molecule has 2 aliphatic carbocycles. The number of sulfone groups is 1. The first-order valence-electron chi connectivity index (χ1n) is 11.0. The van der Waals surface area contributed by atoms with Gasteiger partial charge >= 0.3 is 0 Å². The summed E-state index contributed by atoms with van der Waals surface area (Å²) < 4.78 is 28.1. The zero-order chi connectivity index (χ0) is 18.9. The van der Waals surface area contributed by atoms with Crippen LogP contribution in [0, 0.1) is 17.8 Å². The third-order valence-corrected chi connectivity index (χ3v) is 8.55. The summed E-state index contributed by atoms with van der Waals surface area (Å²) in [7, 11) is -3.27. The van der Waals surface area contributed by atoms with Gasteiger partial charge in [-0.15, -0.1) is 0 Å². The van der Waals surface area contributed by atoms with E-state index in [-0.39, 0.29) is 5.75 Å². The lowest BCUT2D eigenvalue weighted by Crippen LogP contribution is -2.33. The molecule has 0 radical (unpaired) electrons. The van der Waals surface area contributed by atoms with Gasteiger partial charge in [-0.3, -0.25) is 4.90 Å². The topological polar surface area (TPSA) is 55.2 Å². The van der Waals surface area contributed by atoms with E-state index in [0.717, 1.165) is 50.6 Å². The molecule has 0 atom stereocenters. The molecule has 2 saturated carbocycles. The molecule has 5 nitrogen and oxygen atoms in total. The van der Waals surface area contributed by atoms with E-state index in [2.05, 4.69) is 21.4 Å². The number of nitrogens with zero attached hydrogens (tertiary/aromatic N) is 3. The third-order valence-electron chi connectivity index (χ3n) is 6.76. The molecule has 1 aromatic rings. The van der Waals surface area contributed by atoms with Crippen molar-refractivity contribution in [3.63, 3.8) is 0 Å². The largest absolute Gasteiger partial charge is 0.317 e.